The highest BCUT2D eigenvalue weighted by Gasteiger charge is 2.24. The van der Waals surface area contributed by atoms with Crippen LogP contribution < -0.4 is 16.4 Å². The third-order valence-electron chi connectivity index (χ3n) is 4.14. The third kappa shape index (κ3) is 3.22. The van der Waals surface area contributed by atoms with Crippen LogP contribution in [-0.4, -0.2) is 25.6 Å². The maximum Gasteiger partial charge on any atom is 0.247 e. The Hall–Kier alpha value is -3.40. The number of nitrogens with zero attached hydrogens (tertiary/aromatic N) is 6. The van der Waals surface area contributed by atoms with Crippen LogP contribution in [0.4, 0.5) is 17.5 Å². The fraction of sp³-hybridized carbons (Fsp3) is 0.235. The quantitative estimate of drug-likeness (QED) is 0.613. The van der Waals surface area contributed by atoms with Gasteiger partial charge in [-0.1, -0.05) is 11.6 Å². The fourth-order valence-electron chi connectivity index (χ4n) is 2.64. The van der Waals surface area contributed by atoms with Crippen LogP contribution in [0.1, 0.15) is 29.7 Å². The highest BCUT2D eigenvalue weighted by atomic mass is 35.5. The van der Waals surface area contributed by atoms with Gasteiger partial charge in [0.2, 0.25) is 5.95 Å². The highest BCUT2D eigenvalue weighted by molar-refractivity contribution is 6.34. The molecule has 1 aliphatic carbocycles. The van der Waals surface area contributed by atoms with Crippen LogP contribution in [0.25, 0.3) is 5.65 Å². The molecule has 3 aromatic rings. The van der Waals surface area contributed by atoms with Crippen molar-refractivity contribution in [3.8, 4) is 12.1 Å². The number of nitriles is 2. The number of nitrogens with two attached hydrogens (primary N) is 1. The van der Waals surface area contributed by atoms with Crippen LogP contribution in [-0.2, 0) is 6.54 Å². The summed E-state index contributed by atoms with van der Waals surface area (Å²) in [5, 5.41) is 29.6. The lowest BCUT2D eigenvalue weighted by Crippen LogP contribution is -2.11. The fourth-order valence-corrected chi connectivity index (χ4v) is 2.87. The Bertz CT molecular complexity index is 1120. The van der Waals surface area contributed by atoms with Crippen molar-refractivity contribution in [3.05, 3.63) is 40.2 Å². The molecule has 0 saturated heterocycles. The van der Waals surface area contributed by atoms with Crippen molar-refractivity contribution in [1.82, 2.24) is 19.6 Å². The lowest BCUT2D eigenvalue weighted by atomic mass is 10.1. The van der Waals surface area contributed by atoms with E-state index in [-0.39, 0.29) is 18.2 Å². The van der Waals surface area contributed by atoms with E-state index in [0.29, 0.717) is 39.3 Å². The second-order valence-corrected chi connectivity index (χ2v) is 6.51. The van der Waals surface area contributed by atoms with Gasteiger partial charge >= 0.3 is 0 Å². The number of hydrogen-bond donors (Lipinski definition) is 3. The van der Waals surface area contributed by atoms with Crippen LogP contribution in [0.3, 0.4) is 0 Å². The van der Waals surface area contributed by atoms with Gasteiger partial charge in [0, 0.05) is 12.6 Å². The lowest BCUT2D eigenvalue weighted by Gasteiger charge is -2.12. The number of benzene rings is 1. The molecule has 1 saturated carbocycles. The Morgan fingerprint density at radius 1 is 1.30 bits per heavy atom. The van der Waals surface area contributed by atoms with Gasteiger partial charge in [0.25, 0.3) is 0 Å². The third-order valence-corrected chi connectivity index (χ3v) is 4.58. The Labute approximate surface area is 159 Å². The zero-order valence-corrected chi connectivity index (χ0v) is 14.8. The van der Waals surface area contributed by atoms with E-state index in [1.807, 2.05) is 0 Å². The number of rotatable bonds is 5. The molecule has 4 rings (SSSR count). The summed E-state index contributed by atoms with van der Waals surface area (Å²) in [5.41, 5.74) is 7.99. The number of fused-ring (bicyclic) bond motifs is 1. The average Bonchev–Trinajstić information content (AvgIpc) is 3.39. The maximum atomic E-state index is 9.29. The van der Waals surface area contributed by atoms with Crippen molar-refractivity contribution in [2.24, 2.45) is 5.73 Å². The predicted octanol–water partition coefficient (Wildman–Crippen LogP) is 2.30. The van der Waals surface area contributed by atoms with E-state index in [9.17, 15) is 10.5 Å². The molecular weight excluding hydrogens is 366 g/mol. The Morgan fingerprint density at radius 2 is 2.11 bits per heavy atom. The van der Waals surface area contributed by atoms with Crippen molar-refractivity contribution >= 4 is 34.7 Å². The lowest BCUT2D eigenvalue weighted by molar-refractivity contribution is 0.891. The first-order valence-electron chi connectivity index (χ1n) is 8.25. The monoisotopic (exact) mass is 379 g/mol. The number of aromatic nitrogens is 4. The summed E-state index contributed by atoms with van der Waals surface area (Å²) >= 11 is 6.38. The summed E-state index contributed by atoms with van der Waals surface area (Å²) in [4.78, 5) is 8.71. The summed E-state index contributed by atoms with van der Waals surface area (Å²) < 4.78 is 1.42. The van der Waals surface area contributed by atoms with Crippen LogP contribution in [0.5, 0.6) is 0 Å². The van der Waals surface area contributed by atoms with Gasteiger partial charge in [-0.15, -0.1) is 5.10 Å². The average molecular weight is 380 g/mol. The van der Waals surface area contributed by atoms with Crippen LogP contribution in [0.2, 0.25) is 5.02 Å². The van der Waals surface area contributed by atoms with E-state index in [2.05, 4.69) is 37.8 Å². The highest BCUT2D eigenvalue weighted by Crippen LogP contribution is 2.31. The number of nitrogens with one attached hydrogen (secondary N) is 2. The van der Waals surface area contributed by atoms with Crippen LogP contribution in [0, 0.1) is 22.7 Å². The molecule has 0 amide bonds. The molecule has 10 heteroatoms. The first-order chi connectivity index (χ1) is 13.1. The van der Waals surface area contributed by atoms with E-state index >= 15 is 0 Å². The van der Waals surface area contributed by atoms with Gasteiger partial charge in [0.05, 0.1) is 28.5 Å². The van der Waals surface area contributed by atoms with Gasteiger partial charge in [0.1, 0.15) is 6.07 Å². The molecule has 0 aliphatic heterocycles. The van der Waals surface area contributed by atoms with Crippen LogP contribution in [0.15, 0.2) is 18.3 Å². The second kappa shape index (κ2) is 6.72. The molecule has 9 nitrogen and oxygen atoms in total. The minimum Gasteiger partial charge on any atom is -0.364 e. The summed E-state index contributed by atoms with van der Waals surface area (Å²) in [6.07, 6.45) is 3.56. The molecule has 0 spiro atoms. The Morgan fingerprint density at radius 3 is 2.78 bits per heavy atom. The molecular formula is C17H14ClN9. The molecule has 1 aliphatic rings. The molecule has 0 bridgehead atoms. The summed E-state index contributed by atoms with van der Waals surface area (Å²) in [7, 11) is 0. The minimum atomic E-state index is 0.192. The van der Waals surface area contributed by atoms with E-state index in [4.69, 9.17) is 17.3 Å². The number of anilines is 3. The zero-order chi connectivity index (χ0) is 19.0. The minimum absolute atomic E-state index is 0.192. The molecule has 134 valence electrons. The number of halogens is 1. The van der Waals surface area contributed by atoms with Crippen molar-refractivity contribution in [1.29, 1.82) is 10.5 Å². The van der Waals surface area contributed by atoms with Crippen LogP contribution >= 0.6 is 11.6 Å². The van der Waals surface area contributed by atoms with E-state index in [0.717, 1.165) is 12.8 Å². The number of hydrogen-bond acceptors (Lipinski definition) is 8. The predicted molar refractivity (Wildman–Crippen MR) is 99.5 cm³/mol. The molecule has 1 aromatic carbocycles. The molecule has 27 heavy (non-hydrogen) atoms. The van der Waals surface area contributed by atoms with E-state index in [1.54, 1.807) is 12.1 Å². The molecule has 0 atom stereocenters. The van der Waals surface area contributed by atoms with Gasteiger partial charge in [-0.25, -0.2) is 4.98 Å². The molecule has 4 N–H and O–H groups in total. The second-order valence-electron chi connectivity index (χ2n) is 6.13. The zero-order valence-electron chi connectivity index (χ0n) is 14.1. The topological polar surface area (TPSA) is 141 Å². The van der Waals surface area contributed by atoms with E-state index in [1.165, 1.54) is 10.7 Å². The Balaban J connectivity index is 1.80. The van der Waals surface area contributed by atoms with Gasteiger partial charge < -0.3 is 16.4 Å². The van der Waals surface area contributed by atoms with Crippen molar-refractivity contribution in [3.63, 3.8) is 0 Å². The summed E-state index contributed by atoms with van der Waals surface area (Å²) in [5.74, 6) is 0.753. The molecule has 0 unspecified atom stereocenters. The molecule has 2 aromatic heterocycles. The van der Waals surface area contributed by atoms with Gasteiger partial charge in [-0.3, -0.25) is 0 Å². The standard InChI is InChI=1S/C17H14ClN9/c18-14-10(6-20)3-9(5-19)4-13(14)24-17-25-15(23-11-1-2-11)16-22-8-12(7-21)27(16)26-17/h3-4,8,11H,1-2,6,20H2,(H2,23,24,25,26). The maximum absolute atomic E-state index is 9.29. The first-order valence-corrected chi connectivity index (χ1v) is 8.62. The molecule has 0 radical (unpaired) electrons. The van der Waals surface area contributed by atoms with Gasteiger partial charge in [-0.2, -0.15) is 20.0 Å². The number of imidazole rings is 1. The SMILES string of the molecule is N#Cc1cc(CN)c(Cl)c(Nc2nc(NC3CC3)c3ncc(C#N)n3n2)c1. The summed E-state index contributed by atoms with van der Waals surface area (Å²) in [6, 6.07) is 7.71. The van der Waals surface area contributed by atoms with Gasteiger partial charge in [0.15, 0.2) is 17.2 Å². The summed E-state index contributed by atoms with van der Waals surface area (Å²) in [6.45, 7) is 0.192. The molecule has 1 fully saturated rings. The smallest absolute Gasteiger partial charge is 0.247 e. The van der Waals surface area contributed by atoms with E-state index < -0.39 is 0 Å². The van der Waals surface area contributed by atoms with Crippen molar-refractivity contribution in [2.45, 2.75) is 25.4 Å². The van der Waals surface area contributed by atoms with Gasteiger partial charge in [-0.05, 0) is 30.5 Å². The largest absolute Gasteiger partial charge is 0.364 e. The molecule has 2 heterocycles. The van der Waals surface area contributed by atoms with Crippen molar-refractivity contribution in [2.75, 3.05) is 10.6 Å². The normalized spacial score (nSPS) is 13.2. The Kier molecular flexibility index (Phi) is 4.24. The van der Waals surface area contributed by atoms with Crippen molar-refractivity contribution < 1.29 is 0 Å². The first kappa shape index (κ1) is 17.0.